The Bertz CT molecular complexity index is 982. The van der Waals surface area contributed by atoms with E-state index in [4.69, 9.17) is 26.3 Å². The van der Waals surface area contributed by atoms with Gasteiger partial charge in [-0.1, -0.05) is 23.2 Å². The van der Waals surface area contributed by atoms with Gasteiger partial charge in [-0.25, -0.2) is 0 Å². The molecule has 0 radical (unpaired) electrons. The van der Waals surface area contributed by atoms with Crippen molar-refractivity contribution in [2.24, 2.45) is 0 Å². The third kappa shape index (κ3) is 6.33. The lowest BCUT2D eigenvalue weighted by Crippen LogP contribution is -2.21. The van der Waals surface area contributed by atoms with E-state index in [1.54, 1.807) is 12.1 Å². The zero-order valence-corrected chi connectivity index (χ0v) is 16.7. The fraction of sp³-hybridized carbons (Fsp3) is 0.238. The Kier molecular flexibility index (Phi) is 7.75. The van der Waals surface area contributed by atoms with Crippen LogP contribution >= 0.6 is 11.6 Å². The molecule has 0 aliphatic carbocycles. The van der Waals surface area contributed by atoms with E-state index in [-0.39, 0.29) is 29.2 Å². The summed E-state index contributed by atoms with van der Waals surface area (Å²) in [5.41, 5.74) is 1.95. The maximum atomic E-state index is 12.3. The average molecular weight is 415 g/mol. The number of anilines is 1. The third-order valence-corrected chi connectivity index (χ3v) is 4.26. The number of nitrogens with one attached hydrogen (secondary N) is 1. The smallest absolute Gasteiger partial charge is 0.306 e. The van der Waals surface area contributed by atoms with E-state index in [1.165, 1.54) is 25.3 Å². The van der Waals surface area contributed by atoms with Gasteiger partial charge in [0.15, 0.2) is 12.4 Å². The van der Waals surface area contributed by atoms with E-state index in [9.17, 15) is 14.4 Å². The second-order valence-corrected chi connectivity index (χ2v) is 6.55. The summed E-state index contributed by atoms with van der Waals surface area (Å²) in [4.78, 5) is 36.1. The summed E-state index contributed by atoms with van der Waals surface area (Å²) in [6.45, 7) is 1.35. The van der Waals surface area contributed by atoms with Crippen LogP contribution in [0.25, 0.3) is 0 Å². The van der Waals surface area contributed by atoms with Crippen molar-refractivity contribution in [3.05, 3.63) is 58.1 Å². The van der Waals surface area contributed by atoms with E-state index in [0.717, 1.165) is 5.56 Å². The first-order valence-corrected chi connectivity index (χ1v) is 9.04. The van der Waals surface area contributed by atoms with Gasteiger partial charge in [0.05, 0.1) is 29.7 Å². The molecule has 0 aliphatic rings. The van der Waals surface area contributed by atoms with Gasteiger partial charge in [0.25, 0.3) is 5.91 Å². The number of aryl methyl sites for hydroxylation is 1. The summed E-state index contributed by atoms with van der Waals surface area (Å²) in [5.74, 6) is -1.04. The Morgan fingerprint density at radius 2 is 1.90 bits per heavy atom. The van der Waals surface area contributed by atoms with Gasteiger partial charge in [0.1, 0.15) is 11.8 Å². The number of hydrogen-bond donors (Lipinski definition) is 1. The fourth-order valence-electron chi connectivity index (χ4n) is 2.49. The maximum Gasteiger partial charge on any atom is 0.306 e. The number of benzene rings is 2. The van der Waals surface area contributed by atoms with Crippen LogP contribution in [-0.4, -0.2) is 31.4 Å². The normalized spacial score (nSPS) is 10.0. The molecule has 1 amide bonds. The van der Waals surface area contributed by atoms with Gasteiger partial charge in [-0.3, -0.25) is 14.4 Å². The van der Waals surface area contributed by atoms with Crippen molar-refractivity contribution in [2.75, 3.05) is 19.0 Å². The minimum absolute atomic E-state index is 0.0640. The largest absolute Gasteiger partial charge is 0.496 e. The Morgan fingerprint density at radius 3 is 2.55 bits per heavy atom. The van der Waals surface area contributed by atoms with Gasteiger partial charge in [-0.2, -0.15) is 5.26 Å². The summed E-state index contributed by atoms with van der Waals surface area (Å²) >= 11 is 5.89. The number of rotatable bonds is 8. The number of ether oxygens (including phenoxy) is 2. The summed E-state index contributed by atoms with van der Waals surface area (Å²) < 4.78 is 10.1. The van der Waals surface area contributed by atoms with Crippen LogP contribution in [0.4, 0.5) is 5.69 Å². The fourth-order valence-corrected chi connectivity index (χ4v) is 2.71. The highest BCUT2D eigenvalue weighted by Gasteiger charge is 2.16. The van der Waals surface area contributed by atoms with Crippen LogP contribution in [0.3, 0.4) is 0 Å². The zero-order chi connectivity index (χ0) is 21.4. The molecule has 0 heterocycles. The summed E-state index contributed by atoms with van der Waals surface area (Å²) in [5, 5.41) is 11.5. The van der Waals surface area contributed by atoms with Gasteiger partial charge in [0.2, 0.25) is 0 Å². The second kappa shape index (κ2) is 10.2. The molecular formula is C21H19ClN2O5. The molecule has 8 heteroatoms. The first-order chi connectivity index (χ1) is 13.8. The molecule has 2 rings (SSSR count). The lowest BCUT2D eigenvalue weighted by Gasteiger charge is -2.09. The summed E-state index contributed by atoms with van der Waals surface area (Å²) in [6, 6.07) is 11.5. The Morgan fingerprint density at radius 1 is 1.14 bits per heavy atom. The molecule has 0 fully saturated rings. The van der Waals surface area contributed by atoms with Crippen LogP contribution in [0.15, 0.2) is 36.4 Å². The highest BCUT2D eigenvalue weighted by molar-refractivity contribution is 6.32. The lowest BCUT2D eigenvalue weighted by atomic mass is 10.0. The number of carbonyl (C=O) groups excluding carboxylic acids is 3. The zero-order valence-electron chi connectivity index (χ0n) is 16.0. The molecular weight excluding hydrogens is 396 g/mol. The van der Waals surface area contributed by atoms with Crippen LogP contribution in [-0.2, 0) is 14.3 Å². The van der Waals surface area contributed by atoms with Crippen LogP contribution in [0.1, 0.15) is 34.3 Å². The number of amides is 1. The molecule has 2 aromatic rings. The molecule has 0 saturated heterocycles. The molecule has 0 atom stereocenters. The number of nitrogens with zero attached hydrogens (tertiary/aromatic N) is 1. The van der Waals surface area contributed by atoms with Crippen molar-refractivity contribution >= 4 is 34.9 Å². The number of ketones is 1. The molecule has 0 aromatic heterocycles. The Balaban J connectivity index is 1.82. The molecule has 150 valence electrons. The minimum atomic E-state index is -0.669. The third-order valence-electron chi connectivity index (χ3n) is 3.95. The van der Waals surface area contributed by atoms with Crippen LogP contribution in [0.2, 0.25) is 5.02 Å². The first-order valence-electron chi connectivity index (χ1n) is 8.67. The van der Waals surface area contributed by atoms with E-state index >= 15 is 0 Å². The monoisotopic (exact) mass is 414 g/mol. The molecule has 0 saturated carbocycles. The molecule has 2 aromatic carbocycles. The predicted octanol–water partition coefficient (Wildman–Crippen LogP) is 3.67. The number of methoxy groups -OCH3 is 1. The topological polar surface area (TPSA) is 105 Å². The number of esters is 1. The van der Waals surface area contributed by atoms with E-state index < -0.39 is 18.5 Å². The number of hydrogen-bond acceptors (Lipinski definition) is 6. The van der Waals surface area contributed by atoms with Gasteiger partial charge < -0.3 is 14.8 Å². The quantitative estimate of drug-likeness (QED) is 0.521. The predicted molar refractivity (Wildman–Crippen MR) is 107 cm³/mol. The van der Waals surface area contributed by atoms with Gasteiger partial charge in [-0.15, -0.1) is 0 Å². The summed E-state index contributed by atoms with van der Waals surface area (Å²) in [6.07, 6.45) is -0.225. The molecule has 0 spiro atoms. The van der Waals surface area contributed by atoms with Crippen LogP contribution in [0, 0.1) is 18.3 Å². The van der Waals surface area contributed by atoms with Crippen LogP contribution < -0.4 is 10.1 Å². The molecule has 0 aliphatic heterocycles. The van der Waals surface area contributed by atoms with E-state index in [2.05, 4.69) is 5.32 Å². The van der Waals surface area contributed by atoms with Gasteiger partial charge in [0, 0.05) is 12.1 Å². The number of nitriles is 1. The lowest BCUT2D eigenvalue weighted by molar-refractivity contribution is -0.147. The van der Waals surface area contributed by atoms with Gasteiger partial charge in [-0.05, 0) is 37.3 Å². The van der Waals surface area contributed by atoms with E-state index in [0.29, 0.717) is 17.0 Å². The van der Waals surface area contributed by atoms with E-state index in [1.807, 2.05) is 19.1 Å². The maximum absolute atomic E-state index is 12.3. The number of carbonyl (C=O) groups is 3. The van der Waals surface area contributed by atoms with Crippen molar-refractivity contribution in [2.45, 2.75) is 19.8 Å². The standard InChI is InChI=1S/C21H19ClN2O5/c1-13-3-7-19(28-2)16(9-13)18(25)6-8-21(27)29-12-20(26)24-15-5-4-14(11-23)17(22)10-15/h3-5,7,9-10H,6,8,12H2,1-2H3,(H,24,26). The second-order valence-electron chi connectivity index (χ2n) is 6.14. The summed E-state index contributed by atoms with van der Waals surface area (Å²) in [7, 11) is 1.47. The van der Waals surface area contributed by atoms with Crippen molar-refractivity contribution < 1.29 is 23.9 Å². The molecule has 0 unspecified atom stereocenters. The van der Waals surface area contributed by atoms with Crippen molar-refractivity contribution in [3.8, 4) is 11.8 Å². The minimum Gasteiger partial charge on any atom is -0.496 e. The van der Waals surface area contributed by atoms with Crippen molar-refractivity contribution in [3.63, 3.8) is 0 Å². The highest BCUT2D eigenvalue weighted by Crippen LogP contribution is 2.22. The first kappa shape index (κ1) is 21.9. The highest BCUT2D eigenvalue weighted by atomic mass is 35.5. The molecule has 1 N–H and O–H groups in total. The Hall–Kier alpha value is -3.37. The van der Waals surface area contributed by atoms with Crippen LogP contribution in [0.5, 0.6) is 5.75 Å². The number of halogens is 1. The number of Topliss-reactive ketones (excluding diaryl/α,β-unsaturated/α-hetero) is 1. The molecule has 29 heavy (non-hydrogen) atoms. The van der Waals surface area contributed by atoms with Gasteiger partial charge >= 0.3 is 5.97 Å². The molecule has 7 nitrogen and oxygen atoms in total. The average Bonchev–Trinajstić information content (AvgIpc) is 2.70. The Labute approximate surface area is 173 Å². The van der Waals surface area contributed by atoms with Crippen molar-refractivity contribution in [1.29, 1.82) is 5.26 Å². The SMILES string of the molecule is COc1ccc(C)cc1C(=O)CCC(=O)OCC(=O)Nc1ccc(C#N)c(Cl)c1. The molecule has 0 bridgehead atoms. The van der Waals surface area contributed by atoms with Crippen molar-refractivity contribution in [1.82, 2.24) is 0 Å².